The van der Waals surface area contributed by atoms with Crippen LogP contribution >= 0.6 is 11.6 Å². The molecular weight excluding hydrogens is 469 g/mol. The molecule has 176 valence electrons. The van der Waals surface area contributed by atoms with Crippen LogP contribution < -0.4 is 5.32 Å². The Kier molecular flexibility index (Phi) is 6.69. The predicted octanol–water partition coefficient (Wildman–Crippen LogP) is 4.23. The van der Waals surface area contributed by atoms with Crippen LogP contribution in [0.15, 0.2) is 41.3 Å². The molecule has 1 fully saturated rings. The lowest BCUT2D eigenvalue weighted by Gasteiger charge is -2.30. The number of benzene rings is 2. The number of anilines is 1. The highest BCUT2D eigenvalue weighted by molar-refractivity contribution is 7.89. The van der Waals surface area contributed by atoms with Gasteiger partial charge >= 0.3 is 0 Å². The third-order valence-corrected chi connectivity index (χ3v) is 8.23. The number of hydrogen-bond acceptors (Lipinski definition) is 5. The molecule has 1 saturated heterocycles. The van der Waals surface area contributed by atoms with Crippen molar-refractivity contribution in [3.8, 4) is 0 Å². The average Bonchev–Trinajstić information content (AvgIpc) is 3.24. The molecule has 4 rings (SSSR count). The van der Waals surface area contributed by atoms with Gasteiger partial charge in [-0.3, -0.25) is 4.79 Å². The first-order valence-corrected chi connectivity index (χ1v) is 12.6. The summed E-state index contributed by atoms with van der Waals surface area (Å²) in [5, 5.41) is 11.1. The number of rotatable bonds is 6. The number of nitrogens with one attached hydrogen (secondary N) is 1. The molecule has 1 aliphatic heterocycles. The van der Waals surface area contributed by atoms with E-state index in [1.165, 1.54) is 16.4 Å². The lowest BCUT2D eigenvalue weighted by Crippen LogP contribution is -2.41. The lowest BCUT2D eigenvalue weighted by molar-refractivity contribution is -0.120. The maximum Gasteiger partial charge on any atom is 0.243 e. The van der Waals surface area contributed by atoms with Crippen LogP contribution in [0.5, 0.6) is 0 Å². The molecule has 1 aliphatic rings. The number of fused-ring (bicyclic) bond motifs is 1. The Labute approximate surface area is 196 Å². The molecule has 0 radical (unpaired) electrons. The number of nitrogens with zero attached hydrogens (tertiary/aromatic N) is 4. The maximum atomic E-state index is 14.0. The maximum absolute atomic E-state index is 14.0. The number of piperidine rings is 1. The molecule has 1 aromatic heterocycles. The van der Waals surface area contributed by atoms with Crippen molar-refractivity contribution < 1.29 is 17.6 Å². The Morgan fingerprint density at radius 2 is 1.97 bits per heavy atom. The minimum Gasteiger partial charge on any atom is -0.323 e. The van der Waals surface area contributed by atoms with Gasteiger partial charge in [-0.1, -0.05) is 23.7 Å². The van der Waals surface area contributed by atoms with Crippen molar-refractivity contribution in [2.45, 2.75) is 44.0 Å². The van der Waals surface area contributed by atoms with Gasteiger partial charge in [-0.05, 0) is 62.6 Å². The van der Waals surface area contributed by atoms with Crippen LogP contribution in [-0.2, 0) is 14.8 Å². The smallest absolute Gasteiger partial charge is 0.243 e. The van der Waals surface area contributed by atoms with Crippen LogP contribution in [0.25, 0.3) is 11.0 Å². The molecule has 1 unspecified atom stereocenters. The van der Waals surface area contributed by atoms with Gasteiger partial charge in [-0.25, -0.2) is 17.5 Å². The largest absolute Gasteiger partial charge is 0.323 e. The van der Waals surface area contributed by atoms with E-state index in [0.717, 1.165) is 18.0 Å². The summed E-state index contributed by atoms with van der Waals surface area (Å²) in [6.07, 6.45) is 1.56. The van der Waals surface area contributed by atoms with E-state index in [1.54, 1.807) is 22.9 Å². The lowest BCUT2D eigenvalue weighted by atomic mass is 9.97. The Morgan fingerprint density at radius 1 is 1.24 bits per heavy atom. The first-order chi connectivity index (χ1) is 15.7. The van der Waals surface area contributed by atoms with Crippen molar-refractivity contribution in [1.82, 2.24) is 19.3 Å². The highest BCUT2D eigenvalue weighted by atomic mass is 35.5. The summed E-state index contributed by atoms with van der Waals surface area (Å²) >= 11 is 5.74. The van der Waals surface area contributed by atoms with E-state index in [0.29, 0.717) is 18.4 Å². The van der Waals surface area contributed by atoms with Crippen LogP contribution in [0.2, 0.25) is 5.02 Å². The molecular formula is C22H25ClFN5O3S. The second-order valence-electron chi connectivity index (χ2n) is 8.23. The Bertz CT molecular complexity index is 1290. The normalized spacial score (nSPS) is 16.7. The molecule has 1 N–H and O–H groups in total. The van der Waals surface area contributed by atoms with E-state index in [4.69, 9.17) is 11.6 Å². The summed E-state index contributed by atoms with van der Waals surface area (Å²) in [6, 6.07) is 9.03. The fraction of sp³-hybridized carbons (Fsp3) is 0.409. The molecule has 11 heteroatoms. The van der Waals surface area contributed by atoms with E-state index >= 15 is 0 Å². The first kappa shape index (κ1) is 23.6. The van der Waals surface area contributed by atoms with Gasteiger partial charge < -0.3 is 5.32 Å². The van der Waals surface area contributed by atoms with Crippen molar-refractivity contribution in [1.29, 1.82) is 0 Å². The van der Waals surface area contributed by atoms with Crippen molar-refractivity contribution in [2.75, 3.05) is 18.4 Å². The van der Waals surface area contributed by atoms with Gasteiger partial charge in [0.15, 0.2) is 0 Å². The topological polar surface area (TPSA) is 97.2 Å². The second-order valence-corrected chi connectivity index (χ2v) is 10.6. The summed E-state index contributed by atoms with van der Waals surface area (Å²) in [4.78, 5) is 12.7. The van der Waals surface area contributed by atoms with Gasteiger partial charge in [0.05, 0.1) is 22.1 Å². The number of carbonyl (C=O) groups is 1. The summed E-state index contributed by atoms with van der Waals surface area (Å²) in [5.41, 5.74) is 1.36. The molecule has 8 nitrogen and oxygen atoms in total. The summed E-state index contributed by atoms with van der Waals surface area (Å²) in [6.45, 7) is 4.47. The monoisotopic (exact) mass is 493 g/mol. The van der Waals surface area contributed by atoms with Gasteiger partial charge in [-0.2, -0.15) is 4.31 Å². The summed E-state index contributed by atoms with van der Waals surface area (Å²) in [7, 11) is -3.74. The zero-order valence-corrected chi connectivity index (χ0v) is 19.9. The van der Waals surface area contributed by atoms with Gasteiger partial charge in [-0.15, -0.1) is 5.10 Å². The minimum absolute atomic E-state index is 0.0539. The Hall–Kier alpha value is -2.56. The van der Waals surface area contributed by atoms with Crippen molar-refractivity contribution in [3.63, 3.8) is 0 Å². The molecule has 3 aromatic rings. The number of hydrogen-bond donors (Lipinski definition) is 1. The fourth-order valence-electron chi connectivity index (χ4n) is 3.91. The molecule has 33 heavy (non-hydrogen) atoms. The molecule has 0 bridgehead atoms. The fourth-order valence-corrected chi connectivity index (χ4v) is 5.56. The third kappa shape index (κ3) is 4.73. The van der Waals surface area contributed by atoms with Crippen LogP contribution in [0, 0.1) is 11.7 Å². The van der Waals surface area contributed by atoms with Crippen LogP contribution in [-0.4, -0.2) is 46.7 Å². The highest BCUT2D eigenvalue weighted by Crippen LogP contribution is 2.28. The van der Waals surface area contributed by atoms with Crippen molar-refractivity contribution in [3.05, 3.63) is 47.2 Å². The van der Waals surface area contributed by atoms with Gasteiger partial charge in [0, 0.05) is 24.0 Å². The number of carbonyl (C=O) groups excluding carboxylic acids is 1. The van der Waals surface area contributed by atoms with Gasteiger partial charge in [0.1, 0.15) is 11.3 Å². The number of amides is 1. The summed E-state index contributed by atoms with van der Waals surface area (Å²) in [5.74, 6) is -1.36. The molecule has 1 amide bonds. The Morgan fingerprint density at radius 3 is 2.64 bits per heavy atom. The van der Waals surface area contributed by atoms with E-state index in [2.05, 4.69) is 15.6 Å². The molecule has 0 aliphatic carbocycles. The molecule has 0 spiro atoms. The van der Waals surface area contributed by atoms with E-state index in [-0.39, 0.29) is 40.6 Å². The first-order valence-electron chi connectivity index (χ1n) is 10.8. The minimum atomic E-state index is -3.74. The molecule has 0 saturated carbocycles. The average molecular weight is 494 g/mol. The van der Waals surface area contributed by atoms with E-state index in [1.807, 2.05) is 13.8 Å². The molecule has 2 heterocycles. The number of sulfonamides is 1. The number of aromatic nitrogens is 3. The van der Waals surface area contributed by atoms with Crippen molar-refractivity contribution in [2.24, 2.45) is 5.92 Å². The third-order valence-electron chi connectivity index (χ3n) is 6.10. The predicted molar refractivity (Wildman–Crippen MR) is 124 cm³/mol. The van der Waals surface area contributed by atoms with E-state index < -0.39 is 21.8 Å². The molecule has 2 aromatic carbocycles. The van der Waals surface area contributed by atoms with E-state index in [9.17, 15) is 17.6 Å². The quantitative estimate of drug-likeness (QED) is 0.554. The highest BCUT2D eigenvalue weighted by Gasteiger charge is 2.32. The number of halogens is 2. The van der Waals surface area contributed by atoms with Gasteiger partial charge in [0.2, 0.25) is 15.9 Å². The zero-order chi connectivity index (χ0) is 23.8. The van der Waals surface area contributed by atoms with Crippen LogP contribution in [0.4, 0.5) is 10.1 Å². The zero-order valence-electron chi connectivity index (χ0n) is 18.3. The van der Waals surface area contributed by atoms with Gasteiger partial charge in [0.25, 0.3) is 0 Å². The Balaban J connectivity index is 1.44. The summed E-state index contributed by atoms with van der Waals surface area (Å²) < 4.78 is 43.5. The molecule has 1 atom stereocenters. The standard InChI is InChI=1S/C22H25ClFN5O3S/c1-3-14(2)29-21-7-5-17(13-20(21)26-27-29)33(31,32)28-10-8-15(9-11-28)22(30)25-19-6-4-16(23)12-18(19)24/h4-7,12-15H,3,8-11H2,1-2H3,(H,25,30). The van der Waals surface area contributed by atoms with Crippen LogP contribution in [0.1, 0.15) is 39.2 Å². The SMILES string of the molecule is CCC(C)n1nnc2cc(S(=O)(=O)N3CCC(C(=O)Nc4ccc(Cl)cc4F)CC3)ccc21. The van der Waals surface area contributed by atoms with Crippen LogP contribution in [0.3, 0.4) is 0 Å². The second kappa shape index (κ2) is 9.36. The van der Waals surface area contributed by atoms with Crippen molar-refractivity contribution >= 4 is 44.3 Å².